The molecule has 0 saturated carbocycles. The van der Waals surface area contributed by atoms with Crippen LogP contribution in [-0.4, -0.2) is 84.7 Å². The lowest BCUT2D eigenvalue weighted by atomic mass is 10.1. The highest BCUT2D eigenvalue weighted by Gasteiger charge is 2.19. The third-order valence-electron chi connectivity index (χ3n) is 2.75. The van der Waals surface area contributed by atoms with E-state index in [9.17, 15) is 10.2 Å². The average molecular weight is 246 g/mol. The number of hydrogen-bond acceptors (Lipinski definition) is 5. The van der Waals surface area contributed by atoms with Crippen LogP contribution < -0.4 is 0 Å². The Labute approximate surface area is 104 Å². The number of likely N-dealkylation sites (N-methyl/N-ethyl adjacent to an activating group) is 1. The molecule has 0 radical (unpaired) electrons. The van der Waals surface area contributed by atoms with Crippen LogP contribution >= 0.6 is 0 Å². The molecule has 2 N–H and O–H groups in total. The van der Waals surface area contributed by atoms with Crippen molar-refractivity contribution < 1.29 is 14.9 Å². The molecule has 1 fully saturated rings. The van der Waals surface area contributed by atoms with Crippen LogP contribution in [0.3, 0.4) is 0 Å². The summed E-state index contributed by atoms with van der Waals surface area (Å²) in [7, 11) is 1.92. The Morgan fingerprint density at radius 3 is 2.47 bits per heavy atom. The van der Waals surface area contributed by atoms with E-state index in [1.165, 1.54) is 0 Å². The Bertz CT molecular complexity index is 212. The van der Waals surface area contributed by atoms with Crippen LogP contribution in [0.25, 0.3) is 0 Å². The fourth-order valence-corrected chi connectivity index (χ4v) is 2.22. The quantitative estimate of drug-likeness (QED) is 0.654. The molecule has 0 spiro atoms. The predicted molar refractivity (Wildman–Crippen MR) is 67.1 cm³/mol. The van der Waals surface area contributed by atoms with E-state index in [0.717, 1.165) is 26.3 Å². The van der Waals surface area contributed by atoms with Crippen molar-refractivity contribution in [3.8, 4) is 0 Å². The zero-order valence-electron chi connectivity index (χ0n) is 11.2. The minimum Gasteiger partial charge on any atom is -0.390 e. The molecule has 1 atom stereocenters. The van der Waals surface area contributed by atoms with Gasteiger partial charge < -0.3 is 19.8 Å². The van der Waals surface area contributed by atoms with Crippen LogP contribution in [0.2, 0.25) is 0 Å². The summed E-state index contributed by atoms with van der Waals surface area (Å²) >= 11 is 0. The first kappa shape index (κ1) is 14.9. The van der Waals surface area contributed by atoms with Gasteiger partial charge in [-0.25, -0.2) is 0 Å². The number of aliphatic hydroxyl groups is 2. The Balaban J connectivity index is 2.21. The second kappa shape index (κ2) is 6.66. The molecule has 1 saturated heterocycles. The largest absolute Gasteiger partial charge is 0.390 e. The van der Waals surface area contributed by atoms with Gasteiger partial charge in [-0.2, -0.15) is 0 Å². The predicted octanol–water partition coefficient (Wildman–Crippen LogP) is -0.618. The van der Waals surface area contributed by atoms with E-state index in [2.05, 4.69) is 4.90 Å². The molecule has 0 aromatic carbocycles. The topological polar surface area (TPSA) is 56.2 Å². The summed E-state index contributed by atoms with van der Waals surface area (Å²) in [6, 6.07) is 0. The minimum absolute atomic E-state index is 0.375. The Morgan fingerprint density at radius 2 is 1.94 bits per heavy atom. The van der Waals surface area contributed by atoms with Gasteiger partial charge in [-0.05, 0) is 20.9 Å². The lowest BCUT2D eigenvalue weighted by Crippen LogP contribution is -2.46. The van der Waals surface area contributed by atoms with E-state index >= 15 is 0 Å². The SMILES string of the molecule is CN(CC(O)CN1CCOCC1)CC(C)(C)O. The summed E-state index contributed by atoms with van der Waals surface area (Å²) in [4.78, 5) is 4.18. The Hall–Kier alpha value is -0.200. The van der Waals surface area contributed by atoms with Crippen LogP contribution in [0, 0.1) is 0 Å². The highest BCUT2D eigenvalue weighted by molar-refractivity contribution is 4.74. The van der Waals surface area contributed by atoms with Gasteiger partial charge in [0.1, 0.15) is 0 Å². The van der Waals surface area contributed by atoms with E-state index in [1.54, 1.807) is 13.8 Å². The van der Waals surface area contributed by atoms with Crippen molar-refractivity contribution in [1.29, 1.82) is 0 Å². The third kappa shape index (κ3) is 6.95. The van der Waals surface area contributed by atoms with Crippen LogP contribution in [0.15, 0.2) is 0 Å². The van der Waals surface area contributed by atoms with Crippen LogP contribution in [0.4, 0.5) is 0 Å². The number of hydrogen-bond donors (Lipinski definition) is 2. The van der Waals surface area contributed by atoms with Crippen molar-refractivity contribution in [3.63, 3.8) is 0 Å². The molecule has 1 unspecified atom stereocenters. The van der Waals surface area contributed by atoms with E-state index < -0.39 is 5.60 Å². The molecule has 0 amide bonds. The van der Waals surface area contributed by atoms with Gasteiger partial charge in [0.05, 0.1) is 24.9 Å². The van der Waals surface area contributed by atoms with Crippen LogP contribution in [0.5, 0.6) is 0 Å². The first-order valence-electron chi connectivity index (χ1n) is 6.26. The molecule has 0 bridgehead atoms. The fourth-order valence-electron chi connectivity index (χ4n) is 2.22. The lowest BCUT2D eigenvalue weighted by Gasteiger charge is -2.31. The zero-order valence-corrected chi connectivity index (χ0v) is 11.2. The van der Waals surface area contributed by atoms with Gasteiger partial charge in [0.2, 0.25) is 0 Å². The van der Waals surface area contributed by atoms with Gasteiger partial charge in [0.15, 0.2) is 0 Å². The highest BCUT2D eigenvalue weighted by atomic mass is 16.5. The highest BCUT2D eigenvalue weighted by Crippen LogP contribution is 2.05. The number of ether oxygens (including phenoxy) is 1. The van der Waals surface area contributed by atoms with E-state index in [1.807, 2.05) is 11.9 Å². The second-order valence-electron chi connectivity index (χ2n) is 5.58. The molecule has 5 heteroatoms. The monoisotopic (exact) mass is 246 g/mol. The number of nitrogens with zero attached hydrogens (tertiary/aromatic N) is 2. The normalized spacial score (nSPS) is 20.8. The third-order valence-corrected chi connectivity index (χ3v) is 2.75. The molecular weight excluding hydrogens is 220 g/mol. The lowest BCUT2D eigenvalue weighted by molar-refractivity contribution is -0.00217. The summed E-state index contributed by atoms with van der Waals surface area (Å²) in [6.07, 6.45) is -0.375. The number of aliphatic hydroxyl groups excluding tert-OH is 1. The van der Waals surface area contributed by atoms with Gasteiger partial charge >= 0.3 is 0 Å². The maximum atomic E-state index is 9.96. The molecule has 1 heterocycles. The smallest absolute Gasteiger partial charge is 0.0793 e. The zero-order chi connectivity index (χ0) is 12.9. The van der Waals surface area contributed by atoms with Gasteiger partial charge in [-0.15, -0.1) is 0 Å². The number of morpholine rings is 1. The van der Waals surface area contributed by atoms with Crippen molar-refractivity contribution in [2.45, 2.75) is 25.6 Å². The first-order valence-corrected chi connectivity index (χ1v) is 6.26. The molecule has 1 aliphatic rings. The summed E-state index contributed by atoms with van der Waals surface area (Å²) in [6.45, 7) is 8.68. The van der Waals surface area contributed by atoms with Crippen LogP contribution in [-0.2, 0) is 4.74 Å². The van der Waals surface area contributed by atoms with Crippen molar-refractivity contribution in [2.75, 3.05) is 53.0 Å². The van der Waals surface area contributed by atoms with Gasteiger partial charge in [0.25, 0.3) is 0 Å². The fraction of sp³-hybridized carbons (Fsp3) is 1.00. The maximum Gasteiger partial charge on any atom is 0.0793 e. The van der Waals surface area contributed by atoms with Crippen molar-refractivity contribution in [2.24, 2.45) is 0 Å². The summed E-state index contributed by atoms with van der Waals surface area (Å²) in [5.41, 5.74) is -0.715. The average Bonchev–Trinajstić information content (AvgIpc) is 2.15. The standard InChI is InChI=1S/C12H26N2O3/c1-12(2,16)10-13(3)8-11(15)9-14-4-6-17-7-5-14/h11,15-16H,4-10H2,1-3H3. The number of rotatable bonds is 6. The number of β-amino-alcohol motifs (C(OH)–C–C–N with tert-alkyl or cyclic N) is 1. The maximum absolute atomic E-state index is 9.96. The summed E-state index contributed by atoms with van der Waals surface area (Å²) in [5, 5.41) is 19.6. The van der Waals surface area contributed by atoms with E-state index in [0.29, 0.717) is 19.6 Å². The summed E-state index contributed by atoms with van der Waals surface area (Å²) in [5.74, 6) is 0. The van der Waals surface area contributed by atoms with E-state index in [4.69, 9.17) is 4.74 Å². The van der Waals surface area contributed by atoms with Gasteiger partial charge in [-0.3, -0.25) is 4.90 Å². The van der Waals surface area contributed by atoms with Crippen molar-refractivity contribution in [1.82, 2.24) is 9.80 Å². The van der Waals surface area contributed by atoms with Crippen LogP contribution in [0.1, 0.15) is 13.8 Å². The molecule has 0 aromatic heterocycles. The Morgan fingerprint density at radius 1 is 1.35 bits per heavy atom. The molecule has 1 rings (SSSR count). The van der Waals surface area contributed by atoms with E-state index in [-0.39, 0.29) is 6.10 Å². The van der Waals surface area contributed by atoms with Crippen molar-refractivity contribution >= 4 is 0 Å². The van der Waals surface area contributed by atoms with Gasteiger partial charge in [-0.1, -0.05) is 0 Å². The summed E-state index contributed by atoms with van der Waals surface area (Å²) < 4.78 is 5.26. The van der Waals surface area contributed by atoms with Crippen molar-refractivity contribution in [3.05, 3.63) is 0 Å². The molecule has 5 nitrogen and oxygen atoms in total. The molecule has 102 valence electrons. The molecule has 1 aliphatic heterocycles. The Kier molecular flexibility index (Phi) is 5.82. The molecule has 0 aromatic rings. The molecule has 17 heavy (non-hydrogen) atoms. The van der Waals surface area contributed by atoms with Gasteiger partial charge in [0, 0.05) is 32.7 Å². The first-order chi connectivity index (χ1) is 7.87. The molecule has 0 aliphatic carbocycles. The molecular formula is C12H26N2O3. The second-order valence-corrected chi connectivity index (χ2v) is 5.58. The minimum atomic E-state index is -0.715.